The average Bonchev–Trinajstić information content (AvgIpc) is 3.20. The highest BCUT2D eigenvalue weighted by molar-refractivity contribution is 5.97. The molecular formula is C20H24N4O4. The summed E-state index contributed by atoms with van der Waals surface area (Å²) < 4.78 is 10.9. The monoisotopic (exact) mass is 384 g/mol. The molecule has 0 radical (unpaired) electrons. The Morgan fingerprint density at radius 3 is 2.86 bits per heavy atom. The number of oxazole rings is 1. The van der Waals surface area contributed by atoms with E-state index in [9.17, 15) is 9.59 Å². The lowest BCUT2D eigenvalue weighted by Gasteiger charge is -2.28. The zero-order valence-electron chi connectivity index (χ0n) is 15.7. The van der Waals surface area contributed by atoms with Gasteiger partial charge in [-0.1, -0.05) is 18.6 Å². The summed E-state index contributed by atoms with van der Waals surface area (Å²) in [4.78, 5) is 32.7. The molecule has 28 heavy (non-hydrogen) atoms. The van der Waals surface area contributed by atoms with Crippen LogP contribution in [-0.2, 0) is 11.3 Å². The number of hydrogen-bond donors (Lipinski definition) is 1. The van der Waals surface area contributed by atoms with E-state index in [4.69, 9.17) is 9.15 Å². The summed E-state index contributed by atoms with van der Waals surface area (Å²) in [6, 6.07) is 7.31. The van der Waals surface area contributed by atoms with Crippen LogP contribution in [0.25, 0.3) is 0 Å². The third kappa shape index (κ3) is 4.17. The van der Waals surface area contributed by atoms with Gasteiger partial charge in [0.05, 0.1) is 5.69 Å². The molecule has 0 spiro atoms. The maximum atomic E-state index is 12.3. The first-order chi connectivity index (χ1) is 13.7. The number of fused-ring (bicyclic) bond motifs is 1. The molecule has 0 saturated carbocycles. The highest BCUT2D eigenvalue weighted by atomic mass is 16.5. The number of carbonyl (C=O) groups is 2. The van der Waals surface area contributed by atoms with Gasteiger partial charge in [-0.25, -0.2) is 4.98 Å². The average molecular weight is 384 g/mol. The van der Waals surface area contributed by atoms with E-state index in [1.54, 1.807) is 4.90 Å². The van der Waals surface area contributed by atoms with Crippen LogP contribution in [0, 0.1) is 0 Å². The third-order valence-corrected chi connectivity index (χ3v) is 5.05. The highest BCUT2D eigenvalue weighted by Crippen LogP contribution is 2.32. The second-order valence-electron chi connectivity index (χ2n) is 7.02. The minimum atomic E-state index is -0.263. The lowest BCUT2D eigenvalue weighted by molar-refractivity contribution is -0.121. The van der Waals surface area contributed by atoms with Gasteiger partial charge in [0.1, 0.15) is 18.6 Å². The fraction of sp³-hybridized carbons (Fsp3) is 0.450. The molecule has 8 nitrogen and oxygen atoms in total. The Hall–Kier alpha value is -2.87. The van der Waals surface area contributed by atoms with E-state index in [2.05, 4.69) is 15.2 Å². The Morgan fingerprint density at radius 2 is 2.00 bits per heavy atom. The summed E-state index contributed by atoms with van der Waals surface area (Å²) in [5.41, 5.74) is 0.895. The molecule has 1 N–H and O–H groups in total. The van der Waals surface area contributed by atoms with Gasteiger partial charge in [-0.05, 0) is 38.1 Å². The van der Waals surface area contributed by atoms with Gasteiger partial charge in [-0.2, -0.15) is 0 Å². The number of anilines is 1. The minimum Gasteiger partial charge on any atom is -0.482 e. The predicted octanol–water partition coefficient (Wildman–Crippen LogP) is 1.82. The number of aromatic nitrogens is 1. The standard InChI is InChI=1S/C20H24N4O4/c25-19-14-27-17-7-3-2-6-16(17)24(19)12-18-22-15(13-28-18)20(26)21-8-11-23-9-4-1-5-10-23/h2-3,6-7,13H,1,4-5,8-12,14H2,(H,21,26). The zero-order valence-corrected chi connectivity index (χ0v) is 15.7. The van der Waals surface area contributed by atoms with Gasteiger partial charge in [0, 0.05) is 13.1 Å². The topological polar surface area (TPSA) is 87.9 Å². The molecular weight excluding hydrogens is 360 g/mol. The Labute approximate surface area is 163 Å². The summed E-state index contributed by atoms with van der Waals surface area (Å²) in [5.74, 6) is 0.515. The first-order valence-electron chi connectivity index (χ1n) is 9.68. The number of ether oxygens (including phenoxy) is 1. The number of carbonyl (C=O) groups excluding carboxylic acids is 2. The molecule has 8 heteroatoms. The van der Waals surface area contributed by atoms with Gasteiger partial charge in [0.15, 0.2) is 12.3 Å². The third-order valence-electron chi connectivity index (χ3n) is 5.05. The molecule has 2 amide bonds. The molecule has 148 valence electrons. The Balaban J connectivity index is 1.34. The largest absolute Gasteiger partial charge is 0.482 e. The number of para-hydroxylation sites is 2. The first kappa shape index (κ1) is 18.5. The van der Waals surface area contributed by atoms with Crippen molar-refractivity contribution in [1.82, 2.24) is 15.2 Å². The van der Waals surface area contributed by atoms with Crippen molar-refractivity contribution in [2.45, 2.75) is 25.8 Å². The number of piperidine rings is 1. The molecule has 1 aromatic heterocycles. The van der Waals surface area contributed by atoms with Crippen LogP contribution in [0.1, 0.15) is 35.6 Å². The van der Waals surface area contributed by atoms with Crippen LogP contribution in [0.5, 0.6) is 5.75 Å². The van der Waals surface area contributed by atoms with E-state index in [1.165, 1.54) is 25.5 Å². The zero-order chi connectivity index (χ0) is 19.3. The molecule has 2 aliphatic rings. The lowest BCUT2D eigenvalue weighted by atomic mass is 10.1. The number of benzene rings is 1. The van der Waals surface area contributed by atoms with Gasteiger partial charge in [0.2, 0.25) is 5.89 Å². The SMILES string of the molecule is O=C(NCCN1CCCCC1)c1coc(CN2C(=O)COc3ccccc32)n1. The smallest absolute Gasteiger partial charge is 0.273 e. The van der Waals surface area contributed by atoms with Crippen molar-refractivity contribution in [2.75, 3.05) is 37.7 Å². The lowest BCUT2D eigenvalue weighted by Crippen LogP contribution is -2.38. The minimum absolute atomic E-state index is 0.0262. The second-order valence-corrected chi connectivity index (χ2v) is 7.02. The van der Waals surface area contributed by atoms with E-state index in [0.29, 0.717) is 23.9 Å². The van der Waals surface area contributed by atoms with Gasteiger partial charge < -0.3 is 19.4 Å². The molecule has 2 aliphatic heterocycles. The quantitative estimate of drug-likeness (QED) is 0.817. The molecule has 2 aromatic rings. The second kappa shape index (κ2) is 8.43. The van der Waals surface area contributed by atoms with Crippen LogP contribution < -0.4 is 15.0 Å². The molecule has 0 unspecified atom stereocenters. The number of hydrogen-bond acceptors (Lipinski definition) is 6. The molecule has 4 rings (SSSR count). The molecule has 1 aromatic carbocycles. The summed E-state index contributed by atoms with van der Waals surface area (Å²) in [6.45, 7) is 3.74. The summed E-state index contributed by atoms with van der Waals surface area (Å²) >= 11 is 0. The molecule has 0 bridgehead atoms. The van der Waals surface area contributed by atoms with Crippen LogP contribution in [-0.4, -0.2) is 54.5 Å². The van der Waals surface area contributed by atoms with Crippen LogP contribution in [0.15, 0.2) is 34.9 Å². The Morgan fingerprint density at radius 1 is 1.18 bits per heavy atom. The van der Waals surface area contributed by atoms with Crippen LogP contribution in [0.4, 0.5) is 5.69 Å². The van der Waals surface area contributed by atoms with Crippen LogP contribution in [0.3, 0.4) is 0 Å². The van der Waals surface area contributed by atoms with E-state index < -0.39 is 0 Å². The number of likely N-dealkylation sites (tertiary alicyclic amines) is 1. The van der Waals surface area contributed by atoms with Crippen LogP contribution >= 0.6 is 0 Å². The molecule has 0 aliphatic carbocycles. The van der Waals surface area contributed by atoms with E-state index in [1.807, 2.05) is 24.3 Å². The van der Waals surface area contributed by atoms with Crippen molar-refractivity contribution >= 4 is 17.5 Å². The van der Waals surface area contributed by atoms with Crippen LogP contribution in [0.2, 0.25) is 0 Å². The van der Waals surface area contributed by atoms with Gasteiger partial charge in [-0.3, -0.25) is 14.5 Å². The summed E-state index contributed by atoms with van der Waals surface area (Å²) in [5, 5.41) is 2.88. The molecule has 1 fully saturated rings. The first-order valence-corrected chi connectivity index (χ1v) is 9.68. The molecule has 3 heterocycles. The van der Waals surface area contributed by atoms with Crippen molar-refractivity contribution in [3.05, 3.63) is 42.1 Å². The van der Waals surface area contributed by atoms with Gasteiger partial charge >= 0.3 is 0 Å². The highest BCUT2D eigenvalue weighted by Gasteiger charge is 2.27. The predicted molar refractivity (Wildman–Crippen MR) is 102 cm³/mol. The Bertz CT molecular complexity index is 844. The summed E-state index contributed by atoms with van der Waals surface area (Å²) in [7, 11) is 0. The normalized spacial score (nSPS) is 17.1. The van der Waals surface area contributed by atoms with Crippen molar-refractivity contribution in [3.63, 3.8) is 0 Å². The maximum absolute atomic E-state index is 12.3. The van der Waals surface area contributed by atoms with Crippen molar-refractivity contribution in [2.24, 2.45) is 0 Å². The van der Waals surface area contributed by atoms with Crippen molar-refractivity contribution in [1.29, 1.82) is 0 Å². The maximum Gasteiger partial charge on any atom is 0.273 e. The molecule has 0 atom stereocenters. The number of amides is 2. The Kier molecular flexibility index (Phi) is 5.57. The summed E-state index contributed by atoms with van der Waals surface area (Å²) in [6.07, 6.45) is 5.08. The van der Waals surface area contributed by atoms with E-state index >= 15 is 0 Å². The fourth-order valence-electron chi connectivity index (χ4n) is 3.55. The number of rotatable bonds is 6. The number of nitrogens with zero attached hydrogens (tertiary/aromatic N) is 3. The van der Waals surface area contributed by atoms with Crippen molar-refractivity contribution in [3.8, 4) is 5.75 Å². The van der Waals surface area contributed by atoms with Gasteiger partial charge in [0.25, 0.3) is 11.8 Å². The van der Waals surface area contributed by atoms with E-state index in [0.717, 1.165) is 19.6 Å². The van der Waals surface area contributed by atoms with Gasteiger partial charge in [-0.15, -0.1) is 0 Å². The fourth-order valence-corrected chi connectivity index (χ4v) is 3.55. The van der Waals surface area contributed by atoms with Crippen molar-refractivity contribution < 1.29 is 18.7 Å². The number of nitrogens with one attached hydrogen (secondary N) is 1. The molecule has 1 saturated heterocycles. The van der Waals surface area contributed by atoms with E-state index in [-0.39, 0.29) is 30.7 Å².